The Labute approximate surface area is 126 Å². The van der Waals surface area contributed by atoms with Crippen LogP contribution in [0.4, 0.5) is 19.4 Å². The Morgan fingerprint density at radius 1 is 0.955 bits per heavy atom. The molecule has 6 atom stereocenters. The number of hydrogen-bond acceptors (Lipinski definition) is 5. The summed E-state index contributed by atoms with van der Waals surface area (Å²) in [4.78, 5) is 23.3. The summed E-state index contributed by atoms with van der Waals surface area (Å²) in [6, 6.07) is 0. The normalized spacial score (nSPS) is 40.7. The molecule has 2 rings (SSSR count). The first-order valence-electron chi connectivity index (χ1n) is 5.91. The van der Waals surface area contributed by atoms with E-state index in [0.29, 0.717) is 0 Å². The fraction of sp³-hybridized carbons (Fsp3) is 0.800. The van der Waals surface area contributed by atoms with Crippen LogP contribution in [0.1, 0.15) is 0 Å². The largest absolute Gasteiger partial charge is 0.469 e. The van der Waals surface area contributed by atoms with Gasteiger partial charge in [0.25, 0.3) is 10.2 Å². The van der Waals surface area contributed by atoms with Crippen molar-refractivity contribution in [2.24, 2.45) is 11.8 Å². The van der Waals surface area contributed by atoms with E-state index in [0.717, 1.165) is 14.2 Å². The van der Waals surface area contributed by atoms with E-state index in [-0.39, 0.29) is 0 Å². The summed E-state index contributed by atoms with van der Waals surface area (Å²) in [7, 11) is -8.26. The second-order valence-corrected chi connectivity index (χ2v) is 8.21. The smallest absolute Gasteiger partial charge is 0.312 e. The molecule has 0 N–H and O–H groups in total. The highest BCUT2D eigenvalue weighted by Crippen LogP contribution is 3.02. The first-order valence-corrected chi connectivity index (χ1v) is 8.36. The Morgan fingerprint density at radius 3 is 1.73 bits per heavy atom. The van der Waals surface area contributed by atoms with E-state index >= 15 is 0 Å². The van der Waals surface area contributed by atoms with Crippen LogP contribution in [0.2, 0.25) is 0 Å². The van der Waals surface area contributed by atoms with Gasteiger partial charge in [-0.15, -0.1) is 11.6 Å². The molecular formula is C10H12ClF5O5S. The molecule has 2 aliphatic heterocycles. The lowest BCUT2D eigenvalue weighted by Gasteiger charge is -2.50. The minimum atomic E-state index is -10.1. The number of hydrogen-bond donors (Lipinski definition) is 0. The van der Waals surface area contributed by atoms with Crippen LogP contribution in [0.25, 0.3) is 0 Å². The van der Waals surface area contributed by atoms with Crippen LogP contribution in [0.15, 0.2) is 0 Å². The Morgan fingerprint density at radius 2 is 1.36 bits per heavy atom. The van der Waals surface area contributed by atoms with Gasteiger partial charge in [0, 0.05) is 0 Å². The number of esters is 2. The number of halogens is 6. The lowest BCUT2D eigenvalue weighted by atomic mass is 9.78. The molecule has 22 heavy (non-hydrogen) atoms. The number of methoxy groups -OCH3 is 2. The van der Waals surface area contributed by atoms with Crippen LogP contribution >= 0.6 is 21.8 Å². The van der Waals surface area contributed by atoms with Gasteiger partial charge < -0.3 is 14.2 Å². The fourth-order valence-corrected chi connectivity index (χ4v) is 5.34. The molecule has 0 amide bonds. The average Bonchev–Trinajstić information content (AvgIpc) is 2.88. The van der Waals surface area contributed by atoms with Crippen molar-refractivity contribution >= 4 is 33.8 Å². The molecule has 0 spiro atoms. The van der Waals surface area contributed by atoms with Gasteiger partial charge in [-0.3, -0.25) is 9.59 Å². The Bertz CT molecular complexity index is 525. The molecule has 0 aromatic rings. The van der Waals surface area contributed by atoms with Gasteiger partial charge in [0.05, 0.1) is 31.8 Å². The summed E-state index contributed by atoms with van der Waals surface area (Å²) in [5, 5.41) is -5.54. The second-order valence-electron chi connectivity index (χ2n) is 5.10. The van der Waals surface area contributed by atoms with Crippen molar-refractivity contribution in [2.75, 3.05) is 14.2 Å². The van der Waals surface area contributed by atoms with Crippen LogP contribution in [-0.4, -0.2) is 49.0 Å². The summed E-state index contributed by atoms with van der Waals surface area (Å²) in [6.07, 6.45) is -4.00. The molecule has 0 aromatic heterocycles. The van der Waals surface area contributed by atoms with Crippen molar-refractivity contribution in [1.82, 2.24) is 0 Å². The van der Waals surface area contributed by atoms with Crippen molar-refractivity contribution in [3.8, 4) is 0 Å². The van der Waals surface area contributed by atoms with Crippen LogP contribution in [0.5, 0.6) is 0 Å². The Balaban J connectivity index is 2.50. The van der Waals surface area contributed by atoms with Crippen molar-refractivity contribution < 1.29 is 43.2 Å². The van der Waals surface area contributed by atoms with Gasteiger partial charge in [0.1, 0.15) is 17.1 Å². The number of rotatable bonds is 3. The van der Waals surface area contributed by atoms with Gasteiger partial charge in [-0.2, -0.15) is 0 Å². The van der Waals surface area contributed by atoms with Crippen LogP contribution in [0, 0.1) is 11.8 Å². The zero-order chi connectivity index (χ0) is 17.1. The zero-order valence-corrected chi connectivity index (χ0v) is 12.8. The summed E-state index contributed by atoms with van der Waals surface area (Å²) in [6.45, 7) is 0. The molecule has 130 valence electrons. The average molecular weight is 375 g/mol. The maximum absolute atomic E-state index is 13.1. The van der Waals surface area contributed by atoms with Crippen LogP contribution in [-0.2, 0) is 23.8 Å². The third kappa shape index (κ3) is 2.62. The molecular weight excluding hydrogens is 363 g/mol. The van der Waals surface area contributed by atoms with Crippen molar-refractivity contribution in [1.29, 1.82) is 0 Å². The van der Waals surface area contributed by atoms with E-state index in [1.807, 2.05) is 0 Å². The molecule has 0 aliphatic carbocycles. The van der Waals surface area contributed by atoms with Crippen molar-refractivity contribution in [3.63, 3.8) is 0 Å². The van der Waals surface area contributed by atoms with Crippen molar-refractivity contribution in [3.05, 3.63) is 0 Å². The highest BCUT2D eigenvalue weighted by Gasteiger charge is 2.82. The number of fused-ring (bicyclic) bond motifs is 2. The fourth-order valence-electron chi connectivity index (χ4n) is 3.02. The number of carbonyl (C=O) groups excluding carboxylic acids is 2. The highest BCUT2D eigenvalue weighted by molar-refractivity contribution is 8.46. The third-order valence-electron chi connectivity index (χ3n) is 3.82. The minimum absolute atomic E-state index is 0.857. The van der Waals surface area contributed by atoms with E-state index in [1.54, 1.807) is 0 Å². The molecule has 2 aliphatic rings. The summed E-state index contributed by atoms with van der Waals surface area (Å²) >= 11 is 5.49. The maximum Gasteiger partial charge on any atom is 0.312 e. The van der Waals surface area contributed by atoms with Gasteiger partial charge in [0.15, 0.2) is 0 Å². The molecule has 0 unspecified atom stereocenters. The third-order valence-corrected chi connectivity index (χ3v) is 6.08. The van der Waals surface area contributed by atoms with Gasteiger partial charge in [-0.1, -0.05) is 19.4 Å². The van der Waals surface area contributed by atoms with Gasteiger partial charge >= 0.3 is 11.9 Å². The number of carbonyl (C=O) groups is 2. The SMILES string of the molecule is COC(=O)[C@@H]1[C@@H]2O[C@H]([C@@H]1C(=O)OC)[C@@H](S(F)(F)(F)(F)F)[C@@H]2Cl. The maximum atomic E-state index is 13.1. The standard InChI is InChI=1S/C10H12ClF5O5S/c1-19-9(17)3-4(10(18)20-2)7-8(5(11)6(3)21-7)22(12,13,14,15)16/h3-8H,1-2H3/t3-,4+,5+,6-,7+,8-/m0/s1. The first-order chi connectivity index (χ1) is 9.72. The summed E-state index contributed by atoms with van der Waals surface area (Å²) in [5.41, 5.74) is 0. The van der Waals surface area contributed by atoms with Gasteiger partial charge in [-0.25, -0.2) is 0 Å². The van der Waals surface area contributed by atoms with Gasteiger partial charge in [0.2, 0.25) is 0 Å². The molecule has 12 heteroatoms. The predicted molar refractivity (Wildman–Crippen MR) is 66.2 cm³/mol. The molecule has 2 bridgehead atoms. The Kier molecular flexibility index (Phi) is 3.49. The van der Waals surface area contributed by atoms with E-state index < -0.39 is 56.8 Å². The summed E-state index contributed by atoms with van der Waals surface area (Å²) in [5.74, 6) is -5.72. The first kappa shape index (κ1) is 17.5. The van der Waals surface area contributed by atoms with Gasteiger partial charge in [-0.05, 0) is 0 Å². The summed E-state index contributed by atoms with van der Waals surface area (Å²) < 4.78 is 79.2. The predicted octanol–water partition coefficient (Wildman–Crippen LogP) is 2.62. The van der Waals surface area contributed by atoms with Crippen LogP contribution in [0.3, 0.4) is 0 Å². The quantitative estimate of drug-likeness (QED) is 0.432. The van der Waals surface area contributed by atoms with Crippen molar-refractivity contribution in [2.45, 2.75) is 22.8 Å². The van der Waals surface area contributed by atoms with Crippen LogP contribution < -0.4 is 0 Å². The Hall–Kier alpha value is -0.810. The van der Waals surface area contributed by atoms with E-state index in [2.05, 4.69) is 9.47 Å². The molecule has 0 saturated carbocycles. The van der Waals surface area contributed by atoms with E-state index in [4.69, 9.17) is 16.3 Å². The lowest BCUT2D eigenvalue weighted by molar-refractivity contribution is -0.157. The van der Waals surface area contributed by atoms with E-state index in [1.165, 1.54) is 0 Å². The minimum Gasteiger partial charge on any atom is -0.469 e. The molecule has 5 nitrogen and oxygen atoms in total. The molecule has 2 fully saturated rings. The highest BCUT2D eigenvalue weighted by atomic mass is 35.5. The number of ether oxygens (including phenoxy) is 3. The number of alkyl halides is 1. The van der Waals surface area contributed by atoms with E-state index in [9.17, 15) is 29.0 Å². The molecule has 0 aromatic carbocycles. The zero-order valence-electron chi connectivity index (χ0n) is 11.2. The molecule has 2 heterocycles. The molecule has 0 radical (unpaired) electrons. The molecule has 2 saturated heterocycles. The lowest BCUT2D eigenvalue weighted by Crippen LogP contribution is -2.53. The monoisotopic (exact) mass is 374 g/mol. The second kappa shape index (κ2) is 4.38. The topological polar surface area (TPSA) is 61.8 Å².